The maximum atomic E-state index is 10.3. The molecule has 1 aliphatic heterocycles. The highest BCUT2D eigenvalue weighted by atomic mass is 35.5. The zero-order valence-electron chi connectivity index (χ0n) is 8.12. The van der Waals surface area contributed by atoms with Gasteiger partial charge in [-0.25, -0.2) is 0 Å². The molecule has 1 heterocycles. The van der Waals surface area contributed by atoms with Gasteiger partial charge in [0.15, 0.2) is 0 Å². The van der Waals surface area contributed by atoms with Crippen LogP contribution in [0.5, 0.6) is 0 Å². The lowest BCUT2D eigenvalue weighted by Crippen LogP contribution is -2.46. The maximum Gasteiger partial charge on any atom is 0.120 e. The van der Waals surface area contributed by atoms with E-state index < -0.39 is 0 Å². The average Bonchev–Trinajstić information content (AvgIpc) is 2.16. The van der Waals surface area contributed by atoms with Gasteiger partial charge in [0.1, 0.15) is 6.29 Å². The minimum Gasteiger partial charge on any atom is -0.371 e. The molecule has 1 saturated heterocycles. The van der Waals surface area contributed by atoms with Gasteiger partial charge in [-0.1, -0.05) is 23.2 Å². The van der Waals surface area contributed by atoms with Crippen molar-refractivity contribution in [2.24, 2.45) is 5.92 Å². The lowest BCUT2D eigenvalue weighted by atomic mass is 9.96. The number of hydrogen-bond donors (Lipinski definition) is 0. The minimum atomic E-state index is 0.497. The Kier molecular flexibility index (Phi) is 3.17. The summed E-state index contributed by atoms with van der Waals surface area (Å²) in [5.74, 6) is 0.497. The Morgan fingerprint density at radius 2 is 2.07 bits per heavy atom. The Hall–Kier alpha value is -0.730. The van der Waals surface area contributed by atoms with E-state index in [1.165, 1.54) is 0 Å². The summed E-state index contributed by atoms with van der Waals surface area (Å²) in [4.78, 5) is 12.5. The van der Waals surface area contributed by atoms with Crippen LogP contribution >= 0.6 is 23.2 Å². The third-order valence-electron chi connectivity index (χ3n) is 2.66. The van der Waals surface area contributed by atoms with Crippen LogP contribution in [0.2, 0.25) is 10.0 Å². The molecule has 0 N–H and O–H groups in total. The van der Waals surface area contributed by atoms with Crippen LogP contribution < -0.4 is 4.90 Å². The molecule has 0 atom stereocenters. The Bertz CT molecular complexity index is 375. The molecule has 0 amide bonds. The molecule has 1 aromatic rings. The number of nitrogens with zero attached hydrogens (tertiary/aromatic N) is 1. The van der Waals surface area contributed by atoms with Crippen molar-refractivity contribution in [1.29, 1.82) is 0 Å². The SMILES string of the molecule is O=CCC1CN(c2ccc(Cl)c(Cl)c2)C1. The van der Waals surface area contributed by atoms with Crippen LogP contribution in [0.4, 0.5) is 5.69 Å². The molecule has 2 nitrogen and oxygen atoms in total. The van der Waals surface area contributed by atoms with Crippen LogP contribution in [-0.4, -0.2) is 19.4 Å². The number of aldehydes is 1. The van der Waals surface area contributed by atoms with Crippen molar-refractivity contribution in [2.45, 2.75) is 6.42 Å². The summed E-state index contributed by atoms with van der Waals surface area (Å²) in [5, 5.41) is 1.15. The fourth-order valence-electron chi connectivity index (χ4n) is 1.75. The van der Waals surface area contributed by atoms with E-state index in [4.69, 9.17) is 23.2 Å². The molecule has 0 unspecified atom stereocenters. The Balaban J connectivity index is 2.01. The molecular weight excluding hydrogens is 233 g/mol. The number of carbonyl (C=O) groups is 1. The monoisotopic (exact) mass is 243 g/mol. The predicted molar refractivity (Wildman–Crippen MR) is 62.8 cm³/mol. The first-order valence-electron chi connectivity index (χ1n) is 4.84. The van der Waals surface area contributed by atoms with Crippen molar-refractivity contribution in [2.75, 3.05) is 18.0 Å². The first kappa shape index (κ1) is 10.8. The fraction of sp³-hybridized carbons (Fsp3) is 0.364. The highest BCUT2D eigenvalue weighted by molar-refractivity contribution is 6.42. The second-order valence-corrected chi connectivity index (χ2v) is 4.59. The molecule has 1 fully saturated rings. The second kappa shape index (κ2) is 4.42. The highest BCUT2D eigenvalue weighted by Crippen LogP contribution is 2.31. The van der Waals surface area contributed by atoms with Crippen molar-refractivity contribution < 1.29 is 4.79 Å². The van der Waals surface area contributed by atoms with Gasteiger partial charge in [-0.05, 0) is 18.2 Å². The van der Waals surface area contributed by atoms with E-state index >= 15 is 0 Å². The third kappa shape index (κ3) is 2.27. The van der Waals surface area contributed by atoms with Crippen LogP contribution in [0.3, 0.4) is 0 Å². The molecule has 80 valence electrons. The molecule has 0 radical (unpaired) electrons. The topological polar surface area (TPSA) is 20.3 Å². The Morgan fingerprint density at radius 3 is 2.67 bits per heavy atom. The number of hydrogen-bond acceptors (Lipinski definition) is 2. The number of benzene rings is 1. The van der Waals surface area contributed by atoms with Gasteiger partial charge in [-0.3, -0.25) is 0 Å². The third-order valence-corrected chi connectivity index (χ3v) is 3.39. The van der Waals surface area contributed by atoms with Crippen LogP contribution in [0, 0.1) is 5.92 Å². The zero-order valence-corrected chi connectivity index (χ0v) is 9.63. The molecular formula is C11H11Cl2NO. The van der Waals surface area contributed by atoms with Gasteiger partial charge < -0.3 is 9.69 Å². The molecule has 15 heavy (non-hydrogen) atoms. The van der Waals surface area contributed by atoms with E-state index in [9.17, 15) is 4.79 Å². The van der Waals surface area contributed by atoms with E-state index in [2.05, 4.69) is 4.90 Å². The average molecular weight is 244 g/mol. The molecule has 2 rings (SSSR count). The quantitative estimate of drug-likeness (QED) is 0.761. The summed E-state index contributed by atoms with van der Waals surface area (Å²) in [5.41, 5.74) is 1.08. The fourth-order valence-corrected chi connectivity index (χ4v) is 2.04. The molecule has 4 heteroatoms. The summed E-state index contributed by atoms with van der Waals surface area (Å²) in [6.07, 6.45) is 1.63. The van der Waals surface area contributed by atoms with Crippen LogP contribution in [0.1, 0.15) is 6.42 Å². The number of rotatable bonds is 3. The summed E-state index contributed by atoms with van der Waals surface area (Å²) >= 11 is 11.7. The highest BCUT2D eigenvalue weighted by Gasteiger charge is 2.26. The lowest BCUT2D eigenvalue weighted by molar-refractivity contribution is -0.108. The van der Waals surface area contributed by atoms with E-state index in [0.29, 0.717) is 22.4 Å². The van der Waals surface area contributed by atoms with Gasteiger partial charge in [0.25, 0.3) is 0 Å². The standard InChI is InChI=1S/C11H11Cl2NO/c12-10-2-1-9(5-11(10)13)14-6-8(7-14)3-4-15/h1-2,4-5,8H,3,6-7H2. The maximum absolute atomic E-state index is 10.3. The van der Waals surface area contributed by atoms with Gasteiger partial charge in [0.05, 0.1) is 10.0 Å². The van der Waals surface area contributed by atoms with E-state index in [1.807, 2.05) is 12.1 Å². The number of carbonyl (C=O) groups excluding carboxylic acids is 1. The van der Waals surface area contributed by atoms with Crippen molar-refractivity contribution in [3.8, 4) is 0 Å². The molecule has 0 aromatic heterocycles. The Morgan fingerprint density at radius 1 is 1.33 bits per heavy atom. The molecule has 0 bridgehead atoms. The zero-order chi connectivity index (χ0) is 10.8. The van der Waals surface area contributed by atoms with Gasteiger partial charge in [0.2, 0.25) is 0 Å². The Labute approximate surface area is 98.8 Å². The first-order chi connectivity index (χ1) is 7.20. The van der Waals surface area contributed by atoms with Gasteiger partial charge in [0, 0.05) is 31.1 Å². The van der Waals surface area contributed by atoms with Crippen molar-refractivity contribution >= 4 is 35.2 Å². The number of halogens is 2. The first-order valence-corrected chi connectivity index (χ1v) is 5.60. The summed E-state index contributed by atoms with van der Waals surface area (Å²) in [6.45, 7) is 1.85. The summed E-state index contributed by atoms with van der Waals surface area (Å²) in [7, 11) is 0. The van der Waals surface area contributed by atoms with Crippen LogP contribution in [0.15, 0.2) is 18.2 Å². The van der Waals surface area contributed by atoms with Crippen molar-refractivity contribution in [3.63, 3.8) is 0 Å². The second-order valence-electron chi connectivity index (χ2n) is 3.77. The molecule has 1 aliphatic rings. The van der Waals surface area contributed by atoms with E-state index in [1.54, 1.807) is 6.07 Å². The van der Waals surface area contributed by atoms with Crippen molar-refractivity contribution in [3.05, 3.63) is 28.2 Å². The molecule has 1 aromatic carbocycles. The number of anilines is 1. The van der Waals surface area contributed by atoms with E-state index in [0.717, 1.165) is 25.1 Å². The normalized spacial score (nSPS) is 16.3. The van der Waals surface area contributed by atoms with Crippen LogP contribution in [-0.2, 0) is 4.79 Å². The summed E-state index contributed by atoms with van der Waals surface area (Å²) < 4.78 is 0. The van der Waals surface area contributed by atoms with Gasteiger partial charge in [-0.2, -0.15) is 0 Å². The molecule has 0 saturated carbocycles. The van der Waals surface area contributed by atoms with Crippen LogP contribution in [0.25, 0.3) is 0 Å². The largest absolute Gasteiger partial charge is 0.371 e. The minimum absolute atomic E-state index is 0.497. The van der Waals surface area contributed by atoms with Crippen molar-refractivity contribution in [1.82, 2.24) is 0 Å². The van der Waals surface area contributed by atoms with Gasteiger partial charge in [-0.15, -0.1) is 0 Å². The smallest absolute Gasteiger partial charge is 0.120 e. The summed E-state index contributed by atoms with van der Waals surface area (Å²) in [6, 6.07) is 5.61. The lowest BCUT2D eigenvalue weighted by Gasteiger charge is -2.40. The van der Waals surface area contributed by atoms with Gasteiger partial charge >= 0.3 is 0 Å². The predicted octanol–water partition coefficient (Wildman–Crippen LogP) is 3.02. The molecule has 0 aliphatic carbocycles. The molecule has 0 spiro atoms. The van der Waals surface area contributed by atoms with E-state index in [-0.39, 0.29) is 0 Å².